The second-order valence-electron chi connectivity index (χ2n) is 1.35. The van der Waals surface area contributed by atoms with E-state index >= 15 is 0 Å². The molecular formula is C4H3FN2O. The summed E-state index contributed by atoms with van der Waals surface area (Å²) in [6.07, 6.45) is 2.03. The summed E-state index contributed by atoms with van der Waals surface area (Å²) >= 11 is 0. The Kier molecular flexibility index (Phi) is 1.24. The highest BCUT2D eigenvalue weighted by Crippen LogP contribution is 1.96. The maximum Gasteiger partial charge on any atom is 0.275 e. The van der Waals surface area contributed by atoms with Crippen LogP contribution in [-0.2, 0) is 4.79 Å². The average molecular weight is 114 g/mol. The van der Waals surface area contributed by atoms with Gasteiger partial charge in [-0.3, -0.25) is 4.79 Å². The summed E-state index contributed by atoms with van der Waals surface area (Å²) < 4.78 is 11.5. The zero-order valence-electron chi connectivity index (χ0n) is 3.97. The van der Waals surface area contributed by atoms with Crippen molar-refractivity contribution >= 4 is 12.2 Å². The van der Waals surface area contributed by atoms with Gasteiger partial charge in [-0.15, -0.1) is 0 Å². The summed E-state index contributed by atoms with van der Waals surface area (Å²) in [7, 11) is 0. The molecule has 1 atom stereocenters. The van der Waals surface area contributed by atoms with Crippen LogP contribution in [0.1, 0.15) is 0 Å². The Morgan fingerprint density at radius 2 is 2.62 bits per heavy atom. The third kappa shape index (κ3) is 0.685. The minimum Gasteiger partial charge on any atom is -0.270 e. The molecule has 0 fully saturated rings. The molecule has 0 aliphatic carbocycles. The molecule has 1 rings (SSSR count). The van der Waals surface area contributed by atoms with Crippen LogP contribution in [0.4, 0.5) is 4.39 Å². The van der Waals surface area contributed by atoms with E-state index in [1.54, 1.807) is 0 Å². The van der Waals surface area contributed by atoms with Gasteiger partial charge in [-0.05, 0) is 0 Å². The number of aliphatic imine (C=N–C) groups is 1. The molecule has 42 valence electrons. The van der Waals surface area contributed by atoms with E-state index in [0.29, 0.717) is 0 Å². The molecule has 0 N–H and O–H groups in total. The molecule has 0 saturated heterocycles. The Bertz CT molecular complexity index is 134. The molecule has 0 aromatic heterocycles. The van der Waals surface area contributed by atoms with Crippen LogP contribution in [0.2, 0.25) is 0 Å². The first-order valence-corrected chi connectivity index (χ1v) is 2.10. The van der Waals surface area contributed by atoms with Crippen molar-refractivity contribution < 1.29 is 9.18 Å². The number of carbonyl (C=O) groups excluding carboxylic acids is 1. The van der Waals surface area contributed by atoms with Crippen LogP contribution in [0.15, 0.2) is 4.99 Å². The molecule has 8 heavy (non-hydrogen) atoms. The molecule has 4 heteroatoms. The smallest absolute Gasteiger partial charge is 0.270 e. The van der Waals surface area contributed by atoms with Crippen molar-refractivity contribution in [3.05, 3.63) is 0 Å². The first kappa shape index (κ1) is 5.21. The highest BCUT2D eigenvalue weighted by molar-refractivity contribution is 5.96. The zero-order valence-corrected chi connectivity index (χ0v) is 3.97. The average Bonchev–Trinajstić information content (AvgIpc) is 2.14. The van der Waals surface area contributed by atoms with Crippen molar-refractivity contribution in [3.8, 4) is 0 Å². The molecule has 1 amide bonds. The third-order valence-electron chi connectivity index (χ3n) is 0.805. The molecule has 1 heterocycles. The lowest BCUT2D eigenvalue weighted by Gasteiger charge is -1.91. The van der Waals surface area contributed by atoms with Crippen LogP contribution in [0.25, 0.3) is 0 Å². The number of rotatable bonds is 1. The highest BCUT2D eigenvalue weighted by Gasteiger charge is 2.21. The lowest BCUT2D eigenvalue weighted by molar-refractivity contribution is -0.120. The molecule has 0 saturated carbocycles. The Hall–Kier alpha value is -0.930. The predicted octanol–water partition coefficient (Wildman–Crippen LogP) is -0.626. The van der Waals surface area contributed by atoms with E-state index in [4.69, 9.17) is 0 Å². The molecule has 0 aromatic rings. The fraction of sp³-hybridized carbons (Fsp3) is 0.500. The summed E-state index contributed by atoms with van der Waals surface area (Å²) in [5, 5.41) is 3.09. The van der Waals surface area contributed by atoms with Gasteiger partial charge in [-0.25, -0.2) is 9.38 Å². The van der Waals surface area contributed by atoms with E-state index in [1.165, 1.54) is 0 Å². The van der Waals surface area contributed by atoms with Gasteiger partial charge in [-0.2, -0.15) is 5.32 Å². The molecule has 0 bridgehead atoms. The Morgan fingerprint density at radius 1 is 1.88 bits per heavy atom. The number of hydrogen-bond acceptors (Lipinski definition) is 2. The molecule has 0 aromatic carbocycles. The molecule has 3 nitrogen and oxygen atoms in total. The largest absolute Gasteiger partial charge is 0.275 e. The van der Waals surface area contributed by atoms with Crippen molar-refractivity contribution in [3.63, 3.8) is 0 Å². The minimum absolute atomic E-state index is 0.535. The molecule has 1 aliphatic heterocycles. The maximum absolute atomic E-state index is 11.5. The van der Waals surface area contributed by atoms with Crippen LogP contribution in [0.5, 0.6) is 0 Å². The Labute approximate surface area is 45.6 Å². The summed E-state index contributed by atoms with van der Waals surface area (Å²) in [6.45, 7) is -0.769. The predicted molar refractivity (Wildman–Crippen MR) is 24.3 cm³/mol. The van der Waals surface area contributed by atoms with Crippen molar-refractivity contribution in [2.24, 2.45) is 4.99 Å². The lowest BCUT2D eigenvalue weighted by Crippen LogP contribution is -2.21. The normalized spacial score (nSPS) is 26.1. The minimum atomic E-state index is -0.894. The first-order chi connectivity index (χ1) is 3.84. The van der Waals surface area contributed by atoms with Gasteiger partial charge >= 0.3 is 0 Å². The highest BCUT2D eigenvalue weighted by atomic mass is 19.1. The fourth-order valence-corrected chi connectivity index (χ4v) is 0.378. The van der Waals surface area contributed by atoms with E-state index in [1.807, 2.05) is 6.34 Å². The Balaban J connectivity index is 2.53. The second kappa shape index (κ2) is 1.90. The topological polar surface area (TPSA) is 43.5 Å². The first-order valence-electron chi connectivity index (χ1n) is 2.10. The van der Waals surface area contributed by atoms with Crippen molar-refractivity contribution in [2.45, 2.75) is 6.04 Å². The van der Waals surface area contributed by atoms with Gasteiger partial charge in [0.15, 0.2) is 12.4 Å². The Morgan fingerprint density at radius 3 is 2.88 bits per heavy atom. The molecule has 0 spiro atoms. The monoisotopic (exact) mass is 114 g/mol. The van der Waals surface area contributed by atoms with Gasteiger partial charge in [0.1, 0.15) is 6.67 Å². The van der Waals surface area contributed by atoms with Gasteiger partial charge in [0, 0.05) is 0 Å². The van der Waals surface area contributed by atoms with Crippen LogP contribution < -0.4 is 5.32 Å². The van der Waals surface area contributed by atoms with E-state index in [9.17, 15) is 9.18 Å². The fourth-order valence-electron chi connectivity index (χ4n) is 0.378. The molecular weight excluding hydrogens is 111 g/mol. The molecule has 2 radical (unpaired) electrons. The maximum atomic E-state index is 11.5. The SMILES string of the molecule is O=C1[N][C]=NC1CF. The molecule has 1 unspecified atom stereocenters. The van der Waals surface area contributed by atoms with Crippen molar-refractivity contribution in [2.75, 3.05) is 6.67 Å². The zero-order chi connectivity index (χ0) is 5.98. The number of amides is 1. The van der Waals surface area contributed by atoms with Crippen molar-refractivity contribution in [1.29, 1.82) is 0 Å². The van der Waals surface area contributed by atoms with Gasteiger partial charge in [0.2, 0.25) is 0 Å². The number of halogens is 1. The third-order valence-corrected chi connectivity index (χ3v) is 0.805. The standard InChI is InChI=1S/C4H3FN2O/c5-1-3-4(8)7-2-6-3/h3H,1H2. The number of carbonyl (C=O) groups is 1. The van der Waals surface area contributed by atoms with Crippen LogP contribution >= 0.6 is 0 Å². The van der Waals surface area contributed by atoms with E-state index in [2.05, 4.69) is 10.3 Å². The van der Waals surface area contributed by atoms with E-state index in [0.717, 1.165) is 0 Å². The van der Waals surface area contributed by atoms with Crippen molar-refractivity contribution in [1.82, 2.24) is 5.32 Å². The van der Waals surface area contributed by atoms with E-state index in [-0.39, 0.29) is 0 Å². The second-order valence-corrected chi connectivity index (χ2v) is 1.35. The van der Waals surface area contributed by atoms with Gasteiger partial charge < -0.3 is 0 Å². The van der Waals surface area contributed by atoms with Gasteiger partial charge in [-0.1, -0.05) is 0 Å². The van der Waals surface area contributed by atoms with Gasteiger partial charge in [0.25, 0.3) is 5.91 Å². The van der Waals surface area contributed by atoms with Crippen LogP contribution in [-0.4, -0.2) is 25.0 Å². The summed E-state index contributed by atoms with van der Waals surface area (Å²) in [6, 6.07) is -0.894. The van der Waals surface area contributed by atoms with Crippen LogP contribution in [0, 0.1) is 0 Å². The summed E-state index contributed by atoms with van der Waals surface area (Å²) in [5.74, 6) is -0.535. The summed E-state index contributed by atoms with van der Waals surface area (Å²) in [5.41, 5.74) is 0. The quantitative estimate of drug-likeness (QED) is 0.447. The molecule has 1 aliphatic rings. The van der Waals surface area contributed by atoms with Crippen LogP contribution in [0.3, 0.4) is 0 Å². The number of hydrogen-bond donors (Lipinski definition) is 0. The van der Waals surface area contributed by atoms with E-state index < -0.39 is 18.6 Å². The number of alkyl halides is 1. The lowest BCUT2D eigenvalue weighted by atomic mass is 10.3. The summed E-state index contributed by atoms with van der Waals surface area (Å²) in [4.78, 5) is 13.5. The number of nitrogens with zero attached hydrogens (tertiary/aromatic N) is 2. The van der Waals surface area contributed by atoms with Gasteiger partial charge in [0.05, 0.1) is 0 Å².